The molecule has 2 aromatic rings. The minimum atomic E-state index is -0.0129. The summed E-state index contributed by atoms with van der Waals surface area (Å²) in [5.41, 5.74) is 2.67. The monoisotopic (exact) mass is 335 g/mol. The lowest BCUT2D eigenvalue weighted by molar-refractivity contribution is 0.228. The number of hydrogen-bond acceptors (Lipinski definition) is 2. The van der Waals surface area contributed by atoms with Crippen molar-refractivity contribution in [2.75, 3.05) is 6.61 Å². The van der Waals surface area contributed by atoms with Gasteiger partial charge in [0.1, 0.15) is 5.76 Å². The normalized spacial score (nSPS) is 21.6. The van der Waals surface area contributed by atoms with E-state index in [0.29, 0.717) is 0 Å². The number of nitrogens with one attached hydrogen (secondary N) is 1. The molecule has 3 rings (SSSR count). The third-order valence-corrected chi connectivity index (χ3v) is 5.28. The average Bonchev–Trinajstić information content (AvgIpc) is 2.63. The standard InChI is InChI=1S/C23H29NO/c1-5-23(15-14-22(25-6-2)17(3)16-23)24-18(4)20-13-9-11-19-10-7-8-12-21(19)20/h7-15,18,24H,5-6,16H2,1-4H3/t18-,23+/m1/s1. The van der Waals surface area contributed by atoms with Crippen molar-refractivity contribution in [3.8, 4) is 0 Å². The van der Waals surface area contributed by atoms with Crippen LogP contribution in [0.3, 0.4) is 0 Å². The Morgan fingerprint density at radius 2 is 1.88 bits per heavy atom. The fourth-order valence-corrected chi connectivity index (χ4v) is 3.90. The van der Waals surface area contributed by atoms with Crippen LogP contribution in [0.15, 0.2) is 65.9 Å². The van der Waals surface area contributed by atoms with Crippen molar-refractivity contribution in [3.05, 3.63) is 71.5 Å². The van der Waals surface area contributed by atoms with Gasteiger partial charge in [0.2, 0.25) is 0 Å². The summed E-state index contributed by atoms with van der Waals surface area (Å²) in [5.74, 6) is 1.03. The molecule has 0 aromatic heterocycles. The van der Waals surface area contributed by atoms with E-state index in [1.807, 2.05) is 6.92 Å². The van der Waals surface area contributed by atoms with Crippen LogP contribution >= 0.6 is 0 Å². The van der Waals surface area contributed by atoms with Crippen molar-refractivity contribution in [2.24, 2.45) is 0 Å². The van der Waals surface area contributed by atoms with E-state index in [4.69, 9.17) is 4.74 Å². The Bertz CT molecular complexity index is 799. The largest absolute Gasteiger partial charge is 0.494 e. The predicted octanol–water partition coefficient (Wildman–Crippen LogP) is 5.91. The van der Waals surface area contributed by atoms with E-state index in [2.05, 4.69) is 80.7 Å². The fraction of sp³-hybridized carbons (Fsp3) is 0.391. The first-order chi connectivity index (χ1) is 12.1. The zero-order valence-corrected chi connectivity index (χ0v) is 15.8. The number of hydrogen-bond donors (Lipinski definition) is 1. The van der Waals surface area contributed by atoms with Crippen LogP contribution in [0.1, 0.15) is 52.1 Å². The Morgan fingerprint density at radius 1 is 1.12 bits per heavy atom. The van der Waals surface area contributed by atoms with Crippen LogP contribution in [0.25, 0.3) is 10.8 Å². The number of fused-ring (bicyclic) bond motifs is 1. The zero-order valence-electron chi connectivity index (χ0n) is 15.8. The van der Waals surface area contributed by atoms with E-state index in [-0.39, 0.29) is 11.6 Å². The second kappa shape index (κ2) is 7.45. The van der Waals surface area contributed by atoms with E-state index in [1.54, 1.807) is 0 Å². The molecule has 0 bridgehead atoms. The van der Waals surface area contributed by atoms with Gasteiger partial charge in [0.25, 0.3) is 0 Å². The first kappa shape index (κ1) is 17.8. The molecular formula is C23H29NO. The lowest BCUT2D eigenvalue weighted by Crippen LogP contribution is -2.45. The molecule has 2 heteroatoms. The predicted molar refractivity (Wildman–Crippen MR) is 107 cm³/mol. The molecule has 2 atom stereocenters. The van der Waals surface area contributed by atoms with Crippen molar-refractivity contribution < 1.29 is 4.74 Å². The summed E-state index contributed by atoms with van der Waals surface area (Å²) < 4.78 is 5.75. The molecular weight excluding hydrogens is 306 g/mol. The van der Waals surface area contributed by atoms with Crippen molar-refractivity contribution >= 4 is 10.8 Å². The van der Waals surface area contributed by atoms with Crippen LogP contribution in [-0.4, -0.2) is 12.1 Å². The summed E-state index contributed by atoms with van der Waals surface area (Å²) in [5, 5.41) is 6.54. The van der Waals surface area contributed by atoms with Gasteiger partial charge in [-0.2, -0.15) is 0 Å². The van der Waals surface area contributed by atoms with Gasteiger partial charge in [0.15, 0.2) is 0 Å². The quantitative estimate of drug-likeness (QED) is 0.708. The molecule has 0 saturated carbocycles. The minimum Gasteiger partial charge on any atom is -0.494 e. The second-order valence-corrected chi connectivity index (χ2v) is 7.03. The van der Waals surface area contributed by atoms with Gasteiger partial charge in [0, 0.05) is 11.6 Å². The molecule has 25 heavy (non-hydrogen) atoms. The van der Waals surface area contributed by atoms with Crippen LogP contribution in [0.5, 0.6) is 0 Å². The fourth-order valence-electron chi connectivity index (χ4n) is 3.90. The summed E-state index contributed by atoms with van der Waals surface area (Å²) in [7, 11) is 0. The summed E-state index contributed by atoms with van der Waals surface area (Å²) in [4.78, 5) is 0. The zero-order chi connectivity index (χ0) is 17.9. The molecule has 0 fully saturated rings. The Morgan fingerprint density at radius 3 is 2.60 bits per heavy atom. The molecule has 0 amide bonds. The third-order valence-electron chi connectivity index (χ3n) is 5.28. The maximum absolute atomic E-state index is 5.75. The van der Waals surface area contributed by atoms with Crippen molar-refractivity contribution in [1.82, 2.24) is 5.32 Å². The highest BCUT2D eigenvalue weighted by molar-refractivity contribution is 5.86. The van der Waals surface area contributed by atoms with E-state index < -0.39 is 0 Å². The molecule has 2 nitrogen and oxygen atoms in total. The van der Waals surface area contributed by atoms with Gasteiger partial charge >= 0.3 is 0 Å². The van der Waals surface area contributed by atoms with E-state index in [1.165, 1.54) is 21.9 Å². The molecule has 2 aromatic carbocycles. The van der Waals surface area contributed by atoms with E-state index in [0.717, 1.165) is 25.2 Å². The van der Waals surface area contributed by atoms with Gasteiger partial charge in [-0.05, 0) is 61.6 Å². The maximum Gasteiger partial charge on any atom is 0.118 e. The van der Waals surface area contributed by atoms with Gasteiger partial charge in [-0.15, -0.1) is 0 Å². The van der Waals surface area contributed by atoms with Crippen molar-refractivity contribution in [1.29, 1.82) is 0 Å². The topological polar surface area (TPSA) is 21.3 Å². The highest BCUT2D eigenvalue weighted by Crippen LogP contribution is 2.33. The van der Waals surface area contributed by atoms with Crippen LogP contribution in [0, 0.1) is 0 Å². The molecule has 1 N–H and O–H groups in total. The smallest absolute Gasteiger partial charge is 0.118 e. The number of allylic oxidation sites excluding steroid dienone is 1. The van der Waals surface area contributed by atoms with E-state index in [9.17, 15) is 0 Å². The second-order valence-electron chi connectivity index (χ2n) is 7.03. The molecule has 0 heterocycles. The van der Waals surface area contributed by atoms with Crippen molar-refractivity contribution in [3.63, 3.8) is 0 Å². The molecule has 0 saturated heterocycles. The highest BCUT2D eigenvalue weighted by atomic mass is 16.5. The highest BCUT2D eigenvalue weighted by Gasteiger charge is 2.31. The van der Waals surface area contributed by atoms with Crippen LogP contribution < -0.4 is 5.32 Å². The maximum atomic E-state index is 5.75. The van der Waals surface area contributed by atoms with Crippen LogP contribution in [-0.2, 0) is 4.74 Å². The number of benzene rings is 2. The third kappa shape index (κ3) is 3.64. The SMILES string of the molecule is CCOC1=C(C)C[C@@](CC)(N[C@H](C)c2cccc3ccccc23)C=C1. The summed E-state index contributed by atoms with van der Waals surface area (Å²) >= 11 is 0. The van der Waals surface area contributed by atoms with Gasteiger partial charge in [0.05, 0.1) is 6.61 Å². The van der Waals surface area contributed by atoms with Gasteiger partial charge in [-0.3, -0.25) is 0 Å². The lowest BCUT2D eigenvalue weighted by atomic mass is 9.82. The van der Waals surface area contributed by atoms with Crippen LogP contribution in [0.4, 0.5) is 0 Å². The molecule has 0 radical (unpaired) electrons. The average molecular weight is 335 g/mol. The Labute approximate surface area is 151 Å². The Balaban J connectivity index is 1.86. The Kier molecular flexibility index (Phi) is 5.29. The Hall–Kier alpha value is -2.06. The molecule has 132 valence electrons. The van der Waals surface area contributed by atoms with Gasteiger partial charge in [-0.1, -0.05) is 55.5 Å². The number of ether oxygens (including phenoxy) is 1. The summed E-state index contributed by atoms with van der Waals surface area (Å²) in [6.07, 6.45) is 6.49. The first-order valence-electron chi connectivity index (χ1n) is 9.35. The molecule has 0 unspecified atom stereocenters. The van der Waals surface area contributed by atoms with Gasteiger partial charge < -0.3 is 10.1 Å². The number of rotatable bonds is 6. The molecule has 0 spiro atoms. The first-order valence-corrected chi connectivity index (χ1v) is 9.35. The molecule has 0 aliphatic heterocycles. The van der Waals surface area contributed by atoms with Gasteiger partial charge in [-0.25, -0.2) is 0 Å². The summed E-state index contributed by atoms with van der Waals surface area (Å²) in [6, 6.07) is 15.5. The molecule has 1 aliphatic rings. The van der Waals surface area contributed by atoms with Crippen molar-refractivity contribution in [2.45, 2.75) is 52.1 Å². The summed E-state index contributed by atoms with van der Waals surface area (Å²) in [6.45, 7) is 9.46. The van der Waals surface area contributed by atoms with Crippen LogP contribution in [0.2, 0.25) is 0 Å². The molecule has 1 aliphatic carbocycles. The minimum absolute atomic E-state index is 0.0129. The lowest BCUT2D eigenvalue weighted by Gasteiger charge is -2.37. The van der Waals surface area contributed by atoms with E-state index >= 15 is 0 Å².